The van der Waals surface area contributed by atoms with Crippen LogP contribution in [0.5, 0.6) is 5.75 Å². The Balaban J connectivity index is 1.25. The van der Waals surface area contributed by atoms with Gasteiger partial charge in [-0.3, -0.25) is 9.88 Å². The number of hydrogen-bond acceptors (Lipinski definition) is 5. The Bertz CT molecular complexity index is 1080. The summed E-state index contributed by atoms with van der Waals surface area (Å²) in [4.78, 5) is 16.7. The van der Waals surface area contributed by atoms with Crippen LogP contribution in [0, 0.1) is 5.82 Å². The Morgan fingerprint density at radius 2 is 1.94 bits per heavy atom. The summed E-state index contributed by atoms with van der Waals surface area (Å²) in [6.07, 6.45) is 11.3. The SMILES string of the molecule is COc1ccc(F)cc1-c1ccc(CN2CCc3nc(C4CCCCC4)ncc3C2)cn1. The lowest BCUT2D eigenvalue weighted by atomic mass is 9.88. The van der Waals surface area contributed by atoms with E-state index in [1.54, 1.807) is 13.2 Å². The Labute approximate surface area is 188 Å². The molecule has 32 heavy (non-hydrogen) atoms. The van der Waals surface area contributed by atoms with E-state index in [4.69, 9.17) is 14.7 Å². The number of halogens is 1. The fourth-order valence-corrected chi connectivity index (χ4v) is 4.90. The zero-order chi connectivity index (χ0) is 21.9. The molecule has 3 heterocycles. The van der Waals surface area contributed by atoms with Gasteiger partial charge in [-0.2, -0.15) is 0 Å². The molecule has 1 saturated carbocycles. The number of ether oxygens (including phenoxy) is 1. The van der Waals surface area contributed by atoms with Crippen LogP contribution in [-0.2, 0) is 19.5 Å². The van der Waals surface area contributed by atoms with Crippen molar-refractivity contribution >= 4 is 0 Å². The summed E-state index contributed by atoms with van der Waals surface area (Å²) in [6, 6.07) is 8.48. The molecule has 0 saturated heterocycles. The molecule has 0 spiro atoms. The Hall–Kier alpha value is -2.86. The third kappa shape index (κ3) is 4.51. The summed E-state index contributed by atoms with van der Waals surface area (Å²) in [5, 5.41) is 0. The molecule has 5 nitrogen and oxygen atoms in total. The van der Waals surface area contributed by atoms with Crippen molar-refractivity contribution in [2.24, 2.45) is 0 Å². The van der Waals surface area contributed by atoms with Gasteiger partial charge in [-0.05, 0) is 42.7 Å². The van der Waals surface area contributed by atoms with Gasteiger partial charge in [-0.1, -0.05) is 25.3 Å². The van der Waals surface area contributed by atoms with Gasteiger partial charge in [0, 0.05) is 61.2 Å². The van der Waals surface area contributed by atoms with Crippen LogP contribution in [0.3, 0.4) is 0 Å². The van der Waals surface area contributed by atoms with Crippen LogP contribution in [0.25, 0.3) is 11.3 Å². The van der Waals surface area contributed by atoms with E-state index in [1.807, 2.05) is 12.3 Å². The summed E-state index contributed by atoms with van der Waals surface area (Å²) in [5.74, 6) is 1.93. The van der Waals surface area contributed by atoms with E-state index < -0.39 is 0 Å². The minimum Gasteiger partial charge on any atom is -0.496 e. The average Bonchev–Trinajstić information content (AvgIpc) is 2.85. The van der Waals surface area contributed by atoms with Crippen LogP contribution >= 0.6 is 0 Å². The maximum Gasteiger partial charge on any atom is 0.131 e. The van der Waals surface area contributed by atoms with Gasteiger partial charge in [0.15, 0.2) is 0 Å². The number of methoxy groups -OCH3 is 1. The average molecular weight is 433 g/mol. The van der Waals surface area contributed by atoms with Crippen molar-refractivity contribution in [2.45, 2.75) is 57.5 Å². The highest BCUT2D eigenvalue weighted by Crippen LogP contribution is 2.32. The first-order chi connectivity index (χ1) is 15.7. The summed E-state index contributed by atoms with van der Waals surface area (Å²) in [6.45, 7) is 2.66. The first kappa shape index (κ1) is 21.0. The van der Waals surface area contributed by atoms with Crippen molar-refractivity contribution in [3.05, 3.63) is 71.2 Å². The molecule has 6 heteroatoms. The number of pyridine rings is 1. The van der Waals surface area contributed by atoms with Crippen molar-refractivity contribution in [1.29, 1.82) is 0 Å². The third-order valence-electron chi connectivity index (χ3n) is 6.67. The molecule has 0 unspecified atom stereocenters. The second-order valence-corrected chi connectivity index (χ2v) is 8.89. The van der Waals surface area contributed by atoms with Crippen LogP contribution in [0.1, 0.15) is 60.7 Å². The molecule has 0 N–H and O–H groups in total. The highest BCUT2D eigenvalue weighted by Gasteiger charge is 2.23. The molecule has 1 aromatic carbocycles. The second-order valence-electron chi connectivity index (χ2n) is 8.89. The predicted molar refractivity (Wildman–Crippen MR) is 122 cm³/mol. The predicted octanol–water partition coefficient (Wildman–Crippen LogP) is 5.29. The van der Waals surface area contributed by atoms with Crippen LogP contribution in [0.2, 0.25) is 0 Å². The largest absolute Gasteiger partial charge is 0.496 e. The van der Waals surface area contributed by atoms with Crippen molar-refractivity contribution in [3.8, 4) is 17.0 Å². The van der Waals surface area contributed by atoms with Crippen molar-refractivity contribution in [1.82, 2.24) is 19.9 Å². The molecule has 0 bridgehead atoms. The zero-order valence-corrected chi connectivity index (χ0v) is 18.6. The van der Waals surface area contributed by atoms with Crippen LogP contribution in [-0.4, -0.2) is 33.5 Å². The fraction of sp³-hybridized carbons (Fsp3) is 0.423. The first-order valence-electron chi connectivity index (χ1n) is 11.6. The summed E-state index contributed by atoms with van der Waals surface area (Å²) < 4.78 is 19.1. The molecular formula is C26H29FN4O. The van der Waals surface area contributed by atoms with E-state index in [9.17, 15) is 4.39 Å². The molecule has 2 aromatic heterocycles. The van der Waals surface area contributed by atoms with Gasteiger partial charge in [-0.25, -0.2) is 14.4 Å². The maximum absolute atomic E-state index is 13.7. The number of benzene rings is 1. The van der Waals surface area contributed by atoms with Gasteiger partial charge in [0.25, 0.3) is 0 Å². The number of nitrogens with zero attached hydrogens (tertiary/aromatic N) is 4. The zero-order valence-electron chi connectivity index (χ0n) is 18.6. The molecule has 1 aliphatic heterocycles. The molecule has 166 valence electrons. The van der Waals surface area contributed by atoms with Crippen molar-refractivity contribution in [2.75, 3.05) is 13.7 Å². The van der Waals surface area contributed by atoms with Crippen LogP contribution in [0.15, 0.2) is 42.7 Å². The highest BCUT2D eigenvalue weighted by molar-refractivity contribution is 5.67. The van der Waals surface area contributed by atoms with Gasteiger partial charge in [0.2, 0.25) is 0 Å². The standard InChI is InChI=1S/C26H29FN4O/c1-32-25-10-8-21(27)13-22(25)24-9-7-18(14-28-24)16-31-12-11-23-20(17-31)15-29-26(30-23)19-5-3-2-4-6-19/h7-10,13-15,19H,2-6,11-12,16-17H2,1H3. The van der Waals surface area contributed by atoms with E-state index in [0.29, 0.717) is 22.9 Å². The van der Waals surface area contributed by atoms with Gasteiger partial charge >= 0.3 is 0 Å². The van der Waals surface area contributed by atoms with E-state index in [0.717, 1.165) is 37.4 Å². The molecular weight excluding hydrogens is 403 g/mol. The first-order valence-corrected chi connectivity index (χ1v) is 11.6. The monoisotopic (exact) mass is 432 g/mol. The molecule has 0 amide bonds. The fourth-order valence-electron chi connectivity index (χ4n) is 4.90. The Morgan fingerprint density at radius 3 is 2.72 bits per heavy atom. The normalized spacial score (nSPS) is 17.2. The molecule has 0 radical (unpaired) electrons. The van der Waals surface area contributed by atoms with Gasteiger partial charge in [0.1, 0.15) is 17.4 Å². The molecule has 5 rings (SSSR count). The Kier molecular flexibility index (Phi) is 6.12. The van der Waals surface area contributed by atoms with E-state index >= 15 is 0 Å². The number of rotatable bonds is 5. The number of aromatic nitrogens is 3. The Morgan fingerprint density at radius 1 is 1.06 bits per heavy atom. The van der Waals surface area contributed by atoms with Crippen LogP contribution in [0.4, 0.5) is 4.39 Å². The molecule has 2 aliphatic rings. The number of hydrogen-bond donors (Lipinski definition) is 0. The van der Waals surface area contributed by atoms with Gasteiger partial charge < -0.3 is 4.74 Å². The summed E-state index contributed by atoms with van der Waals surface area (Å²) in [7, 11) is 1.58. The van der Waals surface area contributed by atoms with E-state index in [2.05, 4.69) is 22.1 Å². The lowest BCUT2D eigenvalue weighted by Gasteiger charge is -2.29. The maximum atomic E-state index is 13.7. The molecule has 1 fully saturated rings. The molecule has 0 atom stereocenters. The topological polar surface area (TPSA) is 51.1 Å². The lowest BCUT2D eigenvalue weighted by molar-refractivity contribution is 0.242. The third-order valence-corrected chi connectivity index (χ3v) is 6.67. The van der Waals surface area contributed by atoms with E-state index in [1.165, 1.54) is 55.5 Å². The molecule has 1 aliphatic carbocycles. The quantitative estimate of drug-likeness (QED) is 0.548. The minimum atomic E-state index is -0.299. The smallest absolute Gasteiger partial charge is 0.131 e. The van der Waals surface area contributed by atoms with Crippen molar-refractivity contribution in [3.63, 3.8) is 0 Å². The minimum absolute atomic E-state index is 0.299. The summed E-state index contributed by atoms with van der Waals surface area (Å²) >= 11 is 0. The van der Waals surface area contributed by atoms with Crippen LogP contribution < -0.4 is 4.74 Å². The summed E-state index contributed by atoms with van der Waals surface area (Å²) in [5.41, 5.74) is 4.97. The van der Waals surface area contributed by atoms with Gasteiger partial charge in [0.05, 0.1) is 12.8 Å². The van der Waals surface area contributed by atoms with Gasteiger partial charge in [-0.15, -0.1) is 0 Å². The second kappa shape index (κ2) is 9.33. The molecule has 3 aromatic rings. The van der Waals surface area contributed by atoms with E-state index in [-0.39, 0.29) is 5.82 Å². The lowest BCUT2D eigenvalue weighted by Crippen LogP contribution is -2.31. The van der Waals surface area contributed by atoms with Crippen molar-refractivity contribution < 1.29 is 9.13 Å². The highest BCUT2D eigenvalue weighted by atomic mass is 19.1. The number of fused-ring (bicyclic) bond motifs is 1.